The van der Waals surface area contributed by atoms with Crippen LogP contribution in [0.4, 0.5) is 22.0 Å². The van der Waals surface area contributed by atoms with Crippen molar-refractivity contribution in [2.45, 2.75) is 18.6 Å². The van der Waals surface area contributed by atoms with E-state index >= 15 is 0 Å². The van der Waals surface area contributed by atoms with E-state index in [-0.39, 0.29) is 29.7 Å². The number of amides is 1. The molecule has 1 saturated heterocycles. The number of benzene rings is 1. The second-order valence-corrected chi connectivity index (χ2v) is 6.00. The highest BCUT2D eigenvalue weighted by Gasteiger charge is 2.36. The van der Waals surface area contributed by atoms with E-state index in [0.29, 0.717) is 4.57 Å². The molecule has 1 aromatic carbocycles. The lowest BCUT2D eigenvalue weighted by Crippen LogP contribution is -2.41. The average Bonchev–Trinajstić information content (AvgIpc) is 2.70. The molecule has 0 spiro atoms. The highest BCUT2D eigenvalue weighted by atomic mass is 19.4. The van der Waals surface area contributed by atoms with Crippen LogP contribution in [0.15, 0.2) is 23.0 Å². The Morgan fingerprint density at radius 3 is 2.73 bits per heavy atom. The van der Waals surface area contributed by atoms with E-state index in [1.165, 1.54) is 18.2 Å². The molecule has 0 saturated carbocycles. The van der Waals surface area contributed by atoms with Gasteiger partial charge in [-0.1, -0.05) is 0 Å². The Hall–Kier alpha value is -2.43. The van der Waals surface area contributed by atoms with Crippen molar-refractivity contribution in [1.29, 1.82) is 0 Å². The molecule has 1 N–H and O–H groups in total. The largest absolute Gasteiger partial charge is 0.406 e. The summed E-state index contributed by atoms with van der Waals surface area (Å²) in [6.45, 7) is -3.19. The van der Waals surface area contributed by atoms with Crippen molar-refractivity contribution in [1.82, 2.24) is 14.5 Å². The summed E-state index contributed by atoms with van der Waals surface area (Å²) in [5.41, 5.74) is -1.01. The number of aromatic amines is 1. The van der Waals surface area contributed by atoms with Crippen molar-refractivity contribution in [2.24, 2.45) is 0 Å². The Balaban J connectivity index is 1.92. The molecule has 0 aliphatic carbocycles. The number of alkyl halides is 5. The molecule has 0 atom stereocenters. The summed E-state index contributed by atoms with van der Waals surface area (Å²) in [7, 11) is 0. The van der Waals surface area contributed by atoms with Gasteiger partial charge in [0.1, 0.15) is 13.2 Å². The van der Waals surface area contributed by atoms with Gasteiger partial charge in [-0.3, -0.25) is 9.36 Å². The Kier molecular flexibility index (Phi) is 4.51. The molecule has 1 aliphatic heterocycles. The van der Waals surface area contributed by atoms with Crippen LogP contribution >= 0.6 is 0 Å². The van der Waals surface area contributed by atoms with Crippen molar-refractivity contribution in [2.75, 3.05) is 26.3 Å². The molecule has 142 valence electrons. The molecule has 6 nitrogen and oxygen atoms in total. The van der Waals surface area contributed by atoms with Crippen LogP contribution in [0.5, 0.6) is 0 Å². The van der Waals surface area contributed by atoms with E-state index in [2.05, 4.69) is 4.98 Å². The minimum Gasteiger partial charge on any atom is -0.373 e. The van der Waals surface area contributed by atoms with Crippen LogP contribution in [0, 0.1) is 0 Å². The van der Waals surface area contributed by atoms with Gasteiger partial charge in [-0.25, -0.2) is 13.6 Å². The lowest BCUT2D eigenvalue weighted by molar-refractivity contribution is -0.140. The summed E-state index contributed by atoms with van der Waals surface area (Å²) >= 11 is 0. The molecule has 1 amide bonds. The van der Waals surface area contributed by atoms with E-state index < -0.39 is 43.4 Å². The van der Waals surface area contributed by atoms with Crippen molar-refractivity contribution in [3.8, 4) is 0 Å². The van der Waals surface area contributed by atoms with Gasteiger partial charge in [0.2, 0.25) is 0 Å². The first-order valence-electron chi connectivity index (χ1n) is 7.60. The van der Waals surface area contributed by atoms with Crippen LogP contribution in [-0.2, 0) is 11.3 Å². The van der Waals surface area contributed by atoms with Gasteiger partial charge in [0.25, 0.3) is 11.8 Å². The molecule has 11 heteroatoms. The second kappa shape index (κ2) is 6.38. The summed E-state index contributed by atoms with van der Waals surface area (Å²) in [5.74, 6) is -3.91. The second-order valence-electron chi connectivity index (χ2n) is 6.00. The van der Waals surface area contributed by atoms with E-state index in [1.807, 2.05) is 0 Å². The van der Waals surface area contributed by atoms with Gasteiger partial charge in [-0.15, -0.1) is 0 Å². The predicted octanol–water partition coefficient (Wildman–Crippen LogP) is 2.00. The van der Waals surface area contributed by atoms with Crippen molar-refractivity contribution >= 4 is 16.9 Å². The van der Waals surface area contributed by atoms with Crippen LogP contribution in [0.3, 0.4) is 0 Å². The summed E-state index contributed by atoms with van der Waals surface area (Å²) in [6, 6.07) is 3.56. The zero-order chi connectivity index (χ0) is 19.1. The maximum absolute atomic E-state index is 13.6. The monoisotopic (exact) mass is 379 g/mol. The number of rotatable bonds is 2. The third kappa shape index (κ3) is 3.87. The molecule has 1 aromatic heterocycles. The number of carbonyl (C=O) groups excluding carboxylic acids is 1. The van der Waals surface area contributed by atoms with Crippen LogP contribution in [0.1, 0.15) is 10.4 Å². The number of hydrogen-bond acceptors (Lipinski definition) is 3. The fraction of sp³-hybridized carbons (Fsp3) is 0.467. The number of fused-ring (bicyclic) bond motifs is 1. The fourth-order valence-corrected chi connectivity index (χ4v) is 2.79. The van der Waals surface area contributed by atoms with E-state index in [4.69, 9.17) is 4.74 Å². The molecule has 2 heterocycles. The highest BCUT2D eigenvalue weighted by molar-refractivity contribution is 5.97. The average molecular weight is 379 g/mol. The molecule has 26 heavy (non-hydrogen) atoms. The number of imidazole rings is 1. The van der Waals surface area contributed by atoms with Crippen molar-refractivity contribution in [3.63, 3.8) is 0 Å². The lowest BCUT2D eigenvalue weighted by Gasteiger charge is -2.23. The molecule has 2 aromatic rings. The summed E-state index contributed by atoms with van der Waals surface area (Å²) in [6.07, 6.45) is -4.59. The fourth-order valence-electron chi connectivity index (χ4n) is 2.79. The molecule has 1 fully saturated rings. The van der Waals surface area contributed by atoms with Crippen LogP contribution < -0.4 is 5.69 Å². The first kappa shape index (κ1) is 18.4. The van der Waals surface area contributed by atoms with Gasteiger partial charge in [0.05, 0.1) is 24.2 Å². The van der Waals surface area contributed by atoms with Gasteiger partial charge >= 0.3 is 11.9 Å². The number of H-pyrrole nitrogens is 1. The topological polar surface area (TPSA) is 67.3 Å². The molecule has 0 bridgehead atoms. The predicted molar refractivity (Wildman–Crippen MR) is 80.3 cm³/mol. The van der Waals surface area contributed by atoms with Gasteiger partial charge in [0.15, 0.2) is 0 Å². The first-order chi connectivity index (χ1) is 12.1. The number of aromatic nitrogens is 2. The minimum absolute atomic E-state index is 0.0166. The molecule has 3 rings (SSSR count). The van der Waals surface area contributed by atoms with E-state index in [1.54, 1.807) is 0 Å². The highest BCUT2D eigenvalue weighted by Crippen LogP contribution is 2.23. The van der Waals surface area contributed by atoms with Gasteiger partial charge in [-0.2, -0.15) is 13.2 Å². The number of nitrogens with one attached hydrogen (secondary N) is 1. The van der Waals surface area contributed by atoms with Gasteiger partial charge in [-0.05, 0) is 18.2 Å². The summed E-state index contributed by atoms with van der Waals surface area (Å²) < 4.78 is 70.1. The maximum atomic E-state index is 13.6. The van der Waals surface area contributed by atoms with Crippen molar-refractivity contribution in [3.05, 3.63) is 34.2 Å². The lowest BCUT2D eigenvalue weighted by atomic mass is 10.1. The zero-order valence-corrected chi connectivity index (χ0v) is 13.3. The minimum atomic E-state index is -4.59. The molecule has 1 aliphatic rings. The van der Waals surface area contributed by atoms with Crippen LogP contribution in [-0.4, -0.2) is 58.8 Å². The normalized spacial score (nSPS) is 18.1. The van der Waals surface area contributed by atoms with E-state index in [0.717, 1.165) is 4.90 Å². The quantitative estimate of drug-likeness (QED) is 0.812. The standard InChI is InChI=1S/C15H14F5N3O3/c16-14(17)6-22(3-4-26-8-14)12(24)9-1-2-11-10(5-9)21-13(25)23(11)7-15(18,19)20/h1-2,5H,3-4,6-8H2,(H,21,25). The van der Waals surface area contributed by atoms with E-state index in [9.17, 15) is 31.5 Å². The van der Waals surface area contributed by atoms with Crippen LogP contribution in [0.2, 0.25) is 0 Å². The van der Waals surface area contributed by atoms with Crippen molar-refractivity contribution < 1.29 is 31.5 Å². The molecule has 0 unspecified atom stereocenters. The summed E-state index contributed by atoms with van der Waals surface area (Å²) in [4.78, 5) is 27.3. The van der Waals surface area contributed by atoms with Crippen LogP contribution in [0.25, 0.3) is 11.0 Å². The third-order valence-electron chi connectivity index (χ3n) is 3.89. The summed E-state index contributed by atoms with van der Waals surface area (Å²) in [5, 5.41) is 0. The molecular formula is C15H14F5N3O3. The number of hydrogen-bond donors (Lipinski definition) is 1. The zero-order valence-electron chi connectivity index (χ0n) is 13.3. The Morgan fingerprint density at radius 2 is 2.04 bits per heavy atom. The molecular weight excluding hydrogens is 365 g/mol. The maximum Gasteiger partial charge on any atom is 0.406 e. The third-order valence-corrected chi connectivity index (χ3v) is 3.89. The first-order valence-corrected chi connectivity index (χ1v) is 7.60. The SMILES string of the molecule is O=C(c1ccc2c(c1)[nH]c(=O)n2CC(F)(F)F)N1CCOCC(F)(F)C1. The Labute approximate surface area is 143 Å². The Morgan fingerprint density at radius 1 is 1.31 bits per heavy atom. The number of nitrogens with zero attached hydrogens (tertiary/aromatic N) is 2. The Bertz CT molecular complexity index is 887. The van der Waals surface area contributed by atoms with Gasteiger partial charge < -0.3 is 14.6 Å². The van der Waals surface area contributed by atoms with Gasteiger partial charge in [0, 0.05) is 12.1 Å². The number of ether oxygens (including phenoxy) is 1. The number of halogens is 5. The smallest absolute Gasteiger partial charge is 0.373 e. The number of carbonyl (C=O) groups is 1. The molecule has 0 radical (unpaired) electrons.